The van der Waals surface area contributed by atoms with Gasteiger partial charge in [-0.25, -0.2) is 0 Å². The Hall–Kier alpha value is -2.04. The number of nitrogens with one attached hydrogen (secondary N) is 1. The summed E-state index contributed by atoms with van der Waals surface area (Å²) in [4.78, 5) is 26.3. The molecule has 2 amide bonds. The topological polar surface area (TPSA) is 58.6 Å². The van der Waals surface area contributed by atoms with Crippen LogP contribution in [0.5, 0.6) is 5.75 Å². The molecule has 0 saturated carbocycles. The maximum atomic E-state index is 12.2. The Morgan fingerprint density at radius 1 is 1.25 bits per heavy atom. The molecule has 132 valence electrons. The maximum Gasteiger partial charge on any atom is 0.255 e. The number of para-hydroxylation sites is 1. The highest BCUT2D eigenvalue weighted by molar-refractivity contribution is 5.96. The number of hydrogen-bond acceptors (Lipinski definition) is 3. The quantitative estimate of drug-likeness (QED) is 0.781. The Bertz CT molecular complexity index is 551. The molecule has 1 saturated heterocycles. The second-order valence-corrected chi connectivity index (χ2v) is 6.35. The summed E-state index contributed by atoms with van der Waals surface area (Å²) in [5, 5.41) is 2.87. The van der Waals surface area contributed by atoms with Gasteiger partial charge < -0.3 is 15.0 Å². The number of amides is 2. The van der Waals surface area contributed by atoms with Crippen molar-refractivity contribution in [1.29, 1.82) is 0 Å². The minimum atomic E-state index is -0.154. The number of carbonyl (C=O) groups excluding carboxylic acids is 2. The zero-order valence-corrected chi connectivity index (χ0v) is 14.7. The van der Waals surface area contributed by atoms with Crippen molar-refractivity contribution in [2.24, 2.45) is 5.92 Å². The number of ether oxygens (including phenoxy) is 1. The van der Waals surface area contributed by atoms with Crippen molar-refractivity contribution >= 4 is 11.8 Å². The van der Waals surface area contributed by atoms with Gasteiger partial charge in [-0.2, -0.15) is 0 Å². The lowest BCUT2D eigenvalue weighted by atomic mass is 9.99. The second-order valence-electron chi connectivity index (χ2n) is 6.35. The van der Waals surface area contributed by atoms with Crippen LogP contribution in [-0.2, 0) is 4.79 Å². The van der Waals surface area contributed by atoms with E-state index >= 15 is 0 Å². The Kier molecular flexibility index (Phi) is 7.09. The first-order valence-corrected chi connectivity index (χ1v) is 8.89. The van der Waals surface area contributed by atoms with Crippen LogP contribution < -0.4 is 10.1 Å². The van der Waals surface area contributed by atoms with Gasteiger partial charge in [-0.15, -0.1) is 0 Å². The van der Waals surface area contributed by atoms with Gasteiger partial charge in [-0.1, -0.05) is 19.1 Å². The molecule has 5 heteroatoms. The van der Waals surface area contributed by atoms with Gasteiger partial charge in [0.15, 0.2) is 0 Å². The normalized spacial score (nSPS) is 15.2. The van der Waals surface area contributed by atoms with Gasteiger partial charge >= 0.3 is 0 Å². The summed E-state index contributed by atoms with van der Waals surface area (Å²) in [6, 6.07) is 7.21. The lowest BCUT2D eigenvalue weighted by molar-refractivity contribution is -0.132. The number of carbonyl (C=O) groups is 2. The van der Waals surface area contributed by atoms with Crippen LogP contribution in [0.2, 0.25) is 0 Å². The Morgan fingerprint density at radius 2 is 1.96 bits per heavy atom. The highest BCUT2D eigenvalue weighted by atomic mass is 16.5. The molecule has 1 aliphatic rings. The molecule has 1 fully saturated rings. The van der Waals surface area contributed by atoms with Crippen LogP contribution in [0.15, 0.2) is 24.3 Å². The number of benzene rings is 1. The molecule has 0 aromatic heterocycles. The Labute approximate surface area is 144 Å². The molecule has 5 nitrogen and oxygen atoms in total. The molecule has 0 unspecified atom stereocenters. The van der Waals surface area contributed by atoms with Gasteiger partial charge in [0, 0.05) is 26.1 Å². The van der Waals surface area contributed by atoms with Crippen molar-refractivity contribution in [2.45, 2.75) is 39.5 Å². The first-order chi connectivity index (χ1) is 11.6. The summed E-state index contributed by atoms with van der Waals surface area (Å²) >= 11 is 0. The van der Waals surface area contributed by atoms with E-state index in [1.165, 1.54) is 0 Å². The molecule has 0 bridgehead atoms. The first kappa shape index (κ1) is 18.3. The van der Waals surface area contributed by atoms with Crippen LogP contribution in [0, 0.1) is 5.92 Å². The summed E-state index contributed by atoms with van der Waals surface area (Å²) in [5.41, 5.74) is 0.538. The van der Waals surface area contributed by atoms with E-state index in [9.17, 15) is 9.59 Å². The van der Waals surface area contributed by atoms with Gasteiger partial charge in [-0.05, 0) is 44.2 Å². The van der Waals surface area contributed by atoms with Crippen LogP contribution in [0.3, 0.4) is 0 Å². The molecular formula is C19H28N2O3. The van der Waals surface area contributed by atoms with E-state index in [4.69, 9.17) is 4.74 Å². The molecule has 2 rings (SSSR count). The van der Waals surface area contributed by atoms with Gasteiger partial charge in [-0.3, -0.25) is 9.59 Å². The summed E-state index contributed by atoms with van der Waals surface area (Å²) in [6.45, 7) is 6.88. The van der Waals surface area contributed by atoms with Crippen molar-refractivity contribution in [1.82, 2.24) is 10.2 Å². The third-order valence-electron chi connectivity index (χ3n) is 4.42. The van der Waals surface area contributed by atoms with E-state index < -0.39 is 0 Å². The third-order valence-corrected chi connectivity index (χ3v) is 4.42. The molecule has 1 heterocycles. The molecule has 0 radical (unpaired) electrons. The number of rotatable bonds is 7. The minimum Gasteiger partial charge on any atom is -0.493 e. The van der Waals surface area contributed by atoms with Crippen LogP contribution >= 0.6 is 0 Å². The average molecular weight is 332 g/mol. The molecule has 1 N–H and O–H groups in total. The van der Waals surface area contributed by atoms with Crippen molar-refractivity contribution in [3.63, 3.8) is 0 Å². The van der Waals surface area contributed by atoms with Gasteiger partial charge in [0.25, 0.3) is 5.91 Å². The molecular weight excluding hydrogens is 304 g/mol. The third kappa shape index (κ3) is 5.25. The first-order valence-electron chi connectivity index (χ1n) is 8.89. The number of hydrogen-bond donors (Lipinski definition) is 1. The van der Waals surface area contributed by atoms with Crippen LogP contribution in [-0.4, -0.2) is 43.0 Å². The summed E-state index contributed by atoms with van der Waals surface area (Å²) in [6.07, 6.45) is 3.34. The zero-order chi connectivity index (χ0) is 17.4. The average Bonchev–Trinajstić information content (AvgIpc) is 2.59. The smallest absolute Gasteiger partial charge is 0.255 e. The molecule has 0 aliphatic carbocycles. The Morgan fingerprint density at radius 3 is 2.67 bits per heavy atom. The predicted octanol–water partition coefficient (Wildman–Crippen LogP) is 2.85. The largest absolute Gasteiger partial charge is 0.493 e. The molecule has 0 spiro atoms. The van der Waals surface area contributed by atoms with E-state index in [2.05, 4.69) is 12.2 Å². The molecule has 1 aromatic carbocycles. The Balaban J connectivity index is 1.72. The SMILES string of the molecule is CCOc1ccccc1C(=O)NCCCC(=O)N1CCC(C)CC1. The van der Waals surface area contributed by atoms with Gasteiger partial charge in [0.05, 0.1) is 12.2 Å². The molecule has 1 aromatic rings. The summed E-state index contributed by atoms with van der Waals surface area (Å²) in [5.74, 6) is 1.36. The van der Waals surface area contributed by atoms with Crippen LogP contribution in [0.4, 0.5) is 0 Å². The second kappa shape index (κ2) is 9.30. The zero-order valence-electron chi connectivity index (χ0n) is 14.7. The molecule has 0 atom stereocenters. The number of likely N-dealkylation sites (tertiary alicyclic amines) is 1. The highest BCUT2D eigenvalue weighted by Gasteiger charge is 2.19. The van der Waals surface area contributed by atoms with Crippen LogP contribution in [0.1, 0.15) is 49.9 Å². The van der Waals surface area contributed by atoms with Crippen molar-refractivity contribution < 1.29 is 14.3 Å². The van der Waals surface area contributed by atoms with E-state index in [0.29, 0.717) is 37.3 Å². The highest BCUT2D eigenvalue weighted by Crippen LogP contribution is 2.18. The number of piperidine rings is 1. The van der Waals surface area contributed by atoms with E-state index in [-0.39, 0.29) is 11.8 Å². The standard InChI is InChI=1S/C19H28N2O3/c1-3-24-17-8-5-4-7-16(17)19(23)20-12-6-9-18(22)21-13-10-15(2)11-14-21/h4-5,7-8,15H,3,6,9-14H2,1-2H3,(H,20,23). The predicted molar refractivity (Wildman–Crippen MR) is 94.2 cm³/mol. The van der Waals surface area contributed by atoms with Crippen molar-refractivity contribution in [2.75, 3.05) is 26.2 Å². The minimum absolute atomic E-state index is 0.154. The monoisotopic (exact) mass is 332 g/mol. The molecule has 24 heavy (non-hydrogen) atoms. The van der Waals surface area contributed by atoms with E-state index in [1.54, 1.807) is 12.1 Å². The lowest BCUT2D eigenvalue weighted by Crippen LogP contribution is -2.38. The summed E-state index contributed by atoms with van der Waals surface area (Å²) in [7, 11) is 0. The molecule has 1 aliphatic heterocycles. The maximum absolute atomic E-state index is 12.2. The van der Waals surface area contributed by atoms with E-state index in [1.807, 2.05) is 24.0 Å². The van der Waals surface area contributed by atoms with Gasteiger partial charge in [0.2, 0.25) is 5.91 Å². The lowest BCUT2D eigenvalue weighted by Gasteiger charge is -2.30. The fourth-order valence-electron chi connectivity index (χ4n) is 2.89. The van der Waals surface area contributed by atoms with E-state index in [0.717, 1.165) is 31.8 Å². The summed E-state index contributed by atoms with van der Waals surface area (Å²) < 4.78 is 5.47. The number of nitrogens with zero attached hydrogens (tertiary/aromatic N) is 1. The van der Waals surface area contributed by atoms with Crippen LogP contribution in [0.25, 0.3) is 0 Å². The fourth-order valence-corrected chi connectivity index (χ4v) is 2.89. The van der Waals surface area contributed by atoms with Crippen molar-refractivity contribution in [3.05, 3.63) is 29.8 Å². The van der Waals surface area contributed by atoms with Gasteiger partial charge in [0.1, 0.15) is 5.75 Å². The van der Waals surface area contributed by atoms with Crippen molar-refractivity contribution in [3.8, 4) is 5.75 Å². The fraction of sp³-hybridized carbons (Fsp3) is 0.579.